The maximum absolute atomic E-state index is 12.3. The summed E-state index contributed by atoms with van der Waals surface area (Å²) in [4.78, 5) is 25.2. The Bertz CT molecular complexity index is 823. The van der Waals surface area contributed by atoms with Crippen LogP contribution in [0.1, 0.15) is 22.8 Å². The van der Waals surface area contributed by atoms with E-state index in [1.807, 2.05) is 6.07 Å². The van der Waals surface area contributed by atoms with Crippen LogP contribution in [0.3, 0.4) is 0 Å². The highest BCUT2D eigenvalue weighted by molar-refractivity contribution is 6.42. The molecule has 7 heteroatoms. The zero-order valence-electron chi connectivity index (χ0n) is 14.7. The molecule has 2 rings (SSSR count). The molecule has 2 aromatic rings. The van der Waals surface area contributed by atoms with Crippen LogP contribution in [0.4, 0.5) is 0 Å². The molecule has 0 fully saturated rings. The lowest BCUT2D eigenvalue weighted by molar-refractivity contribution is -0.132. The summed E-state index contributed by atoms with van der Waals surface area (Å²) in [5.74, 6) is 0.507. The van der Waals surface area contributed by atoms with Crippen LogP contribution in [0.5, 0.6) is 11.5 Å². The van der Waals surface area contributed by atoms with Gasteiger partial charge in [-0.15, -0.1) is 0 Å². The van der Waals surface area contributed by atoms with E-state index >= 15 is 0 Å². The Morgan fingerprint density at radius 2 is 1.77 bits per heavy atom. The normalized spacial score (nSPS) is 10.3. The van der Waals surface area contributed by atoms with Gasteiger partial charge in [0.25, 0.3) is 5.91 Å². The molecule has 26 heavy (non-hydrogen) atoms. The minimum atomic E-state index is -0.214. The topological polar surface area (TPSA) is 55.8 Å². The molecule has 0 heterocycles. The Labute approximate surface area is 162 Å². The first kappa shape index (κ1) is 20.1. The Hall–Kier alpha value is -2.24. The summed E-state index contributed by atoms with van der Waals surface area (Å²) in [6.07, 6.45) is 0. The van der Waals surface area contributed by atoms with Gasteiger partial charge in [0.1, 0.15) is 0 Å². The van der Waals surface area contributed by atoms with Gasteiger partial charge in [-0.1, -0.05) is 29.3 Å². The number of rotatable bonds is 7. The number of hydrogen-bond donors (Lipinski definition) is 0. The van der Waals surface area contributed by atoms with E-state index < -0.39 is 0 Å². The van der Waals surface area contributed by atoms with Crippen LogP contribution >= 0.6 is 23.2 Å². The molecule has 0 aliphatic rings. The summed E-state index contributed by atoms with van der Waals surface area (Å²) < 4.78 is 10.8. The third kappa shape index (κ3) is 5.13. The standard InChI is InChI=1S/C19H19Cl2NO4/c1-12(23)14-5-7-17(18(9-14)25-3)26-11-19(24)22(2)10-13-4-6-15(20)16(21)8-13/h4-9H,10-11H2,1-3H3. The molecule has 0 bridgehead atoms. The second-order valence-corrected chi connectivity index (χ2v) is 6.52. The Balaban J connectivity index is 1.99. The number of hydrogen-bond acceptors (Lipinski definition) is 4. The van der Waals surface area contributed by atoms with Crippen molar-refractivity contribution in [2.24, 2.45) is 0 Å². The summed E-state index contributed by atoms with van der Waals surface area (Å²) in [6.45, 7) is 1.68. The molecule has 0 unspecified atom stereocenters. The van der Waals surface area contributed by atoms with E-state index in [1.165, 1.54) is 18.9 Å². The molecule has 0 aliphatic carbocycles. The predicted octanol–water partition coefficient (Wildman–Crippen LogP) is 4.24. The molecule has 1 amide bonds. The second kappa shape index (κ2) is 8.92. The minimum Gasteiger partial charge on any atom is -0.493 e. The SMILES string of the molecule is COc1cc(C(C)=O)ccc1OCC(=O)N(C)Cc1ccc(Cl)c(Cl)c1. The van der Waals surface area contributed by atoms with Crippen molar-refractivity contribution in [3.8, 4) is 11.5 Å². The quantitative estimate of drug-likeness (QED) is 0.657. The zero-order valence-corrected chi connectivity index (χ0v) is 16.2. The molecule has 0 radical (unpaired) electrons. The van der Waals surface area contributed by atoms with Crippen LogP contribution in [0, 0.1) is 0 Å². The summed E-state index contributed by atoms with van der Waals surface area (Å²) in [5.41, 5.74) is 1.37. The number of carbonyl (C=O) groups excluding carboxylic acids is 2. The number of halogens is 2. The van der Waals surface area contributed by atoms with E-state index in [4.69, 9.17) is 32.7 Å². The first-order valence-electron chi connectivity index (χ1n) is 7.81. The monoisotopic (exact) mass is 395 g/mol. The zero-order chi connectivity index (χ0) is 19.3. The van der Waals surface area contributed by atoms with Gasteiger partial charge < -0.3 is 14.4 Å². The molecule has 2 aromatic carbocycles. The van der Waals surface area contributed by atoms with Gasteiger partial charge in [0.2, 0.25) is 0 Å². The first-order chi connectivity index (χ1) is 12.3. The molecule has 0 N–H and O–H groups in total. The van der Waals surface area contributed by atoms with Crippen molar-refractivity contribution < 1.29 is 19.1 Å². The maximum Gasteiger partial charge on any atom is 0.260 e. The minimum absolute atomic E-state index is 0.0766. The molecular formula is C19H19Cl2NO4. The van der Waals surface area contributed by atoms with Crippen LogP contribution in [0.25, 0.3) is 0 Å². The molecule has 0 saturated carbocycles. The van der Waals surface area contributed by atoms with E-state index in [1.54, 1.807) is 37.4 Å². The average Bonchev–Trinajstić information content (AvgIpc) is 2.62. The number of Topliss-reactive ketones (excluding diaryl/α,β-unsaturated/α-hetero) is 1. The summed E-state index contributed by atoms with van der Waals surface area (Å²) in [6, 6.07) is 10.0. The van der Waals surface area contributed by atoms with Gasteiger partial charge in [-0.2, -0.15) is 0 Å². The fourth-order valence-corrected chi connectivity index (χ4v) is 2.58. The van der Waals surface area contributed by atoms with Crippen LogP contribution < -0.4 is 9.47 Å². The number of nitrogens with zero attached hydrogens (tertiary/aromatic N) is 1. The predicted molar refractivity (Wildman–Crippen MR) is 101 cm³/mol. The van der Waals surface area contributed by atoms with Gasteiger partial charge in [0.15, 0.2) is 23.9 Å². The Morgan fingerprint density at radius 1 is 1.04 bits per heavy atom. The molecule has 5 nitrogen and oxygen atoms in total. The molecule has 0 spiro atoms. The highest BCUT2D eigenvalue weighted by Gasteiger charge is 2.14. The number of benzene rings is 2. The summed E-state index contributed by atoms with van der Waals surface area (Å²) >= 11 is 11.9. The molecule has 0 aromatic heterocycles. The van der Waals surface area contributed by atoms with Crippen molar-refractivity contribution in [2.75, 3.05) is 20.8 Å². The second-order valence-electron chi connectivity index (χ2n) is 5.71. The number of amides is 1. The largest absolute Gasteiger partial charge is 0.493 e. The van der Waals surface area contributed by atoms with Crippen molar-refractivity contribution >= 4 is 34.9 Å². The number of ether oxygens (including phenoxy) is 2. The summed E-state index contributed by atoms with van der Waals surface area (Å²) in [7, 11) is 3.15. The van der Waals surface area contributed by atoms with Gasteiger partial charge in [0.05, 0.1) is 17.2 Å². The molecule has 0 atom stereocenters. The third-order valence-corrected chi connectivity index (χ3v) is 4.49. The van der Waals surface area contributed by atoms with Crippen molar-refractivity contribution in [2.45, 2.75) is 13.5 Å². The van der Waals surface area contributed by atoms with Gasteiger partial charge in [-0.05, 0) is 42.8 Å². The van der Waals surface area contributed by atoms with Gasteiger partial charge in [0, 0.05) is 19.2 Å². The van der Waals surface area contributed by atoms with E-state index in [2.05, 4.69) is 0 Å². The van der Waals surface area contributed by atoms with Crippen LogP contribution in [0.2, 0.25) is 10.0 Å². The number of likely N-dealkylation sites (N-methyl/N-ethyl adjacent to an activating group) is 1. The number of ketones is 1. The van der Waals surface area contributed by atoms with Gasteiger partial charge in [-0.25, -0.2) is 0 Å². The summed E-state index contributed by atoms with van der Waals surface area (Å²) in [5, 5.41) is 0.908. The Kier molecular flexibility index (Phi) is 6.89. The van der Waals surface area contributed by atoms with Crippen LogP contribution in [-0.4, -0.2) is 37.4 Å². The van der Waals surface area contributed by atoms with Gasteiger partial charge >= 0.3 is 0 Å². The van der Waals surface area contributed by atoms with Crippen molar-refractivity contribution in [1.82, 2.24) is 4.90 Å². The van der Waals surface area contributed by atoms with Crippen LogP contribution in [-0.2, 0) is 11.3 Å². The average molecular weight is 396 g/mol. The fraction of sp³-hybridized carbons (Fsp3) is 0.263. The van der Waals surface area contributed by atoms with Crippen molar-refractivity contribution in [3.05, 3.63) is 57.6 Å². The van der Waals surface area contributed by atoms with E-state index in [-0.39, 0.29) is 18.3 Å². The lowest BCUT2D eigenvalue weighted by Gasteiger charge is -2.18. The molecule has 0 saturated heterocycles. The fourth-order valence-electron chi connectivity index (χ4n) is 2.26. The Morgan fingerprint density at radius 3 is 2.38 bits per heavy atom. The van der Waals surface area contributed by atoms with Gasteiger partial charge in [-0.3, -0.25) is 9.59 Å². The molecule has 138 valence electrons. The first-order valence-corrected chi connectivity index (χ1v) is 8.57. The number of carbonyl (C=O) groups is 2. The lowest BCUT2D eigenvalue weighted by atomic mass is 10.1. The highest BCUT2D eigenvalue weighted by Crippen LogP contribution is 2.28. The van der Waals surface area contributed by atoms with Crippen molar-refractivity contribution in [3.63, 3.8) is 0 Å². The smallest absolute Gasteiger partial charge is 0.260 e. The van der Waals surface area contributed by atoms with Crippen molar-refractivity contribution in [1.29, 1.82) is 0 Å². The van der Waals surface area contributed by atoms with Crippen LogP contribution in [0.15, 0.2) is 36.4 Å². The molecule has 0 aliphatic heterocycles. The van der Waals surface area contributed by atoms with E-state index in [0.717, 1.165) is 5.56 Å². The maximum atomic E-state index is 12.3. The number of methoxy groups -OCH3 is 1. The third-order valence-electron chi connectivity index (χ3n) is 3.75. The van der Waals surface area contributed by atoms with E-state index in [9.17, 15) is 9.59 Å². The molecular weight excluding hydrogens is 377 g/mol. The van der Waals surface area contributed by atoms with E-state index in [0.29, 0.717) is 33.7 Å². The lowest BCUT2D eigenvalue weighted by Crippen LogP contribution is -2.31. The highest BCUT2D eigenvalue weighted by atomic mass is 35.5.